The molecule has 0 unspecified atom stereocenters. The van der Waals surface area contributed by atoms with Gasteiger partial charge < -0.3 is 14.4 Å². The van der Waals surface area contributed by atoms with Crippen molar-refractivity contribution in [3.8, 4) is 11.5 Å². The summed E-state index contributed by atoms with van der Waals surface area (Å²) in [6.07, 6.45) is 2.36. The van der Waals surface area contributed by atoms with E-state index in [0.29, 0.717) is 22.6 Å². The van der Waals surface area contributed by atoms with Crippen molar-refractivity contribution in [1.29, 1.82) is 0 Å². The third kappa shape index (κ3) is 2.61. The quantitative estimate of drug-likeness (QED) is 0.777. The molecule has 0 saturated heterocycles. The number of ether oxygens (including phenoxy) is 2. The van der Waals surface area contributed by atoms with Gasteiger partial charge in [0.15, 0.2) is 11.5 Å². The first kappa shape index (κ1) is 15.0. The van der Waals surface area contributed by atoms with E-state index in [1.165, 1.54) is 12.8 Å². The maximum Gasteiger partial charge on any atom is 0.181 e. The first-order chi connectivity index (χ1) is 10.7. The number of halogens is 1. The molecule has 4 heteroatoms. The maximum absolute atomic E-state index is 6.67. The van der Waals surface area contributed by atoms with Gasteiger partial charge in [-0.2, -0.15) is 0 Å². The van der Waals surface area contributed by atoms with Crippen molar-refractivity contribution in [2.24, 2.45) is 0 Å². The average Bonchev–Trinajstić information content (AvgIpc) is 3.36. The van der Waals surface area contributed by atoms with Crippen LogP contribution in [0.5, 0.6) is 11.5 Å². The second kappa shape index (κ2) is 6.09. The fourth-order valence-corrected chi connectivity index (χ4v) is 3.21. The molecule has 1 saturated carbocycles. The van der Waals surface area contributed by atoms with E-state index < -0.39 is 0 Å². The average molecular weight is 318 g/mol. The Morgan fingerprint density at radius 2 is 1.77 bits per heavy atom. The number of hydrogen-bond donors (Lipinski definition) is 0. The summed E-state index contributed by atoms with van der Waals surface area (Å²) in [6.45, 7) is 2.06. The predicted molar refractivity (Wildman–Crippen MR) is 90.9 cm³/mol. The third-order valence-corrected chi connectivity index (χ3v) is 4.31. The lowest BCUT2D eigenvalue weighted by Crippen LogP contribution is -2.21. The predicted octanol–water partition coefficient (Wildman–Crippen LogP) is 4.97. The minimum atomic E-state index is 0.497. The second-order valence-electron chi connectivity index (χ2n) is 5.53. The van der Waals surface area contributed by atoms with Crippen LogP contribution in [0.4, 0.5) is 11.4 Å². The molecule has 0 spiro atoms. The number of nitrogens with zero attached hydrogens (tertiary/aromatic N) is 1. The summed E-state index contributed by atoms with van der Waals surface area (Å²) in [7, 11) is 3.25. The van der Waals surface area contributed by atoms with Gasteiger partial charge in [0.2, 0.25) is 0 Å². The molecule has 22 heavy (non-hydrogen) atoms. The van der Waals surface area contributed by atoms with Crippen LogP contribution in [-0.2, 0) is 0 Å². The van der Waals surface area contributed by atoms with Crippen LogP contribution in [0.25, 0.3) is 0 Å². The van der Waals surface area contributed by atoms with Crippen LogP contribution in [0.15, 0.2) is 36.4 Å². The number of rotatable bonds is 5. The zero-order chi connectivity index (χ0) is 15.7. The van der Waals surface area contributed by atoms with E-state index in [1.54, 1.807) is 14.2 Å². The molecule has 1 aliphatic carbocycles. The Labute approximate surface area is 136 Å². The van der Waals surface area contributed by atoms with Gasteiger partial charge in [-0.3, -0.25) is 0 Å². The van der Waals surface area contributed by atoms with Gasteiger partial charge in [0.25, 0.3) is 0 Å². The lowest BCUT2D eigenvalue weighted by Gasteiger charge is -2.29. The van der Waals surface area contributed by atoms with Crippen LogP contribution >= 0.6 is 11.6 Å². The molecule has 0 N–H and O–H groups in total. The van der Waals surface area contributed by atoms with Gasteiger partial charge in [0, 0.05) is 11.7 Å². The fourth-order valence-electron chi connectivity index (χ4n) is 2.80. The summed E-state index contributed by atoms with van der Waals surface area (Å²) in [6, 6.07) is 12.8. The molecule has 0 radical (unpaired) electrons. The van der Waals surface area contributed by atoms with E-state index in [1.807, 2.05) is 12.1 Å². The van der Waals surface area contributed by atoms with Gasteiger partial charge in [0.1, 0.15) is 5.02 Å². The molecule has 3 rings (SSSR count). The summed E-state index contributed by atoms with van der Waals surface area (Å²) in [5.74, 6) is 1.25. The van der Waals surface area contributed by atoms with Crippen LogP contribution < -0.4 is 14.4 Å². The van der Waals surface area contributed by atoms with Crippen molar-refractivity contribution in [2.75, 3.05) is 19.1 Å². The normalized spacial score (nSPS) is 13.8. The highest BCUT2D eigenvalue weighted by molar-refractivity contribution is 6.35. The summed E-state index contributed by atoms with van der Waals surface area (Å²) < 4.78 is 10.9. The van der Waals surface area contributed by atoms with Crippen molar-refractivity contribution in [3.05, 3.63) is 47.0 Å². The molecular formula is C18H20ClNO2. The number of methoxy groups -OCH3 is 2. The van der Waals surface area contributed by atoms with Crippen LogP contribution in [0, 0.1) is 6.92 Å². The molecule has 3 nitrogen and oxygen atoms in total. The SMILES string of the molecule is COc1cc(C)c(N(c2ccccc2)C2CC2)c(Cl)c1OC. The molecule has 2 aromatic carbocycles. The van der Waals surface area contributed by atoms with Gasteiger partial charge in [0.05, 0.1) is 19.9 Å². The minimum Gasteiger partial charge on any atom is -0.493 e. The van der Waals surface area contributed by atoms with Gasteiger partial charge in [-0.1, -0.05) is 29.8 Å². The smallest absolute Gasteiger partial charge is 0.181 e. The monoisotopic (exact) mass is 317 g/mol. The Balaban J connectivity index is 2.16. The lowest BCUT2D eigenvalue weighted by atomic mass is 10.1. The van der Waals surface area contributed by atoms with Crippen LogP contribution in [0.1, 0.15) is 18.4 Å². The number of para-hydroxylation sites is 1. The van der Waals surface area contributed by atoms with Gasteiger partial charge in [-0.05, 0) is 43.5 Å². The third-order valence-electron chi connectivity index (χ3n) is 3.96. The van der Waals surface area contributed by atoms with E-state index in [9.17, 15) is 0 Å². The van der Waals surface area contributed by atoms with Crippen molar-refractivity contribution < 1.29 is 9.47 Å². The molecule has 1 fully saturated rings. The molecule has 0 bridgehead atoms. The van der Waals surface area contributed by atoms with Crippen molar-refractivity contribution in [1.82, 2.24) is 0 Å². The van der Waals surface area contributed by atoms with Crippen LogP contribution in [0.2, 0.25) is 5.02 Å². The Morgan fingerprint density at radius 3 is 2.32 bits per heavy atom. The number of hydrogen-bond acceptors (Lipinski definition) is 3. The van der Waals surface area contributed by atoms with E-state index >= 15 is 0 Å². The Kier molecular flexibility index (Phi) is 4.16. The van der Waals surface area contributed by atoms with Crippen LogP contribution in [-0.4, -0.2) is 20.3 Å². The molecular weight excluding hydrogens is 298 g/mol. The molecule has 0 heterocycles. The maximum atomic E-state index is 6.67. The van der Waals surface area contributed by atoms with Crippen molar-refractivity contribution >= 4 is 23.0 Å². The van der Waals surface area contributed by atoms with Gasteiger partial charge in [-0.15, -0.1) is 0 Å². The lowest BCUT2D eigenvalue weighted by molar-refractivity contribution is 0.355. The van der Waals surface area contributed by atoms with Crippen molar-refractivity contribution in [2.45, 2.75) is 25.8 Å². The topological polar surface area (TPSA) is 21.7 Å². The van der Waals surface area contributed by atoms with E-state index in [4.69, 9.17) is 21.1 Å². The molecule has 2 aromatic rings. The molecule has 116 valence electrons. The largest absolute Gasteiger partial charge is 0.493 e. The number of benzene rings is 2. The number of aryl methyl sites for hydroxylation is 1. The summed E-state index contributed by atoms with van der Waals surface area (Å²) in [5, 5.41) is 0.607. The zero-order valence-corrected chi connectivity index (χ0v) is 13.9. The summed E-state index contributed by atoms with van der Waals surface area (Å²) >= 11 is 6.67. The highest BCUT2D eigenvalue weighted by Gasteiger charge is 2.33. The Bertz CT molecular complexity index is 669. The standard InChI is InChI=1S/C18H20ClNO2/c1-12-11-15(21-2)18(22-3)16(19)17(12)20(14-9-10-14)13-7-5-4-6-8-13/h4-8,11,14H,9-10H2,1-3H3. The highest BCUT2D eigenvalue weighted by atomic mass is 35.5. The number of anilines is 2. The molecule has 0 aliphatic heterocycles. The van der Waals surface area contributed by atoms with Crippen molar-refractivity contribution in [3.63, 3.8) is 0 Å². The first-order valence-corrected chi connectivity index (χ1v) is 7.80. The summed E-state index contributed by atoms with van der Waals surface area (Å²) in [5.41, 5.74) is 3.24. The van der Waals surface area contributed by atoms with E-state index in [0.717, 1.165) is 16.9 Å². The summed E-state index contributed by atoms with van der Waals surface area (Å²) in [4.78, 5) is 2.32. The molecule has 1 aliphatic rings. The Morgan fingerprint density at radius 1 is 1.09 bits per heavy atom. The first-order valence-electron chi connectivity index (χ1n) is 7.42. The van der Waals surface area contributed by atoms with Gasteiger partial charge >= 0.3 is 0 Å². The van der Waals surface area contributed by atoms with Gasteiger partial charge in [-0.25, -0.2) is 0 Å². The fraction of sp³-hybridized carbons (Fsp3) is 0.333. The minimum absolute atomic E-state index is 0.497. The van der Waals surface area contributed by atoms with E-state index in [-0.39, 0.29) is 0 Å². The highest BCUT2D eigenvalue weighted by Crippen LogP contribution is 2.49. The van der Waals surface area contributed by atoms with E-state index in [2.05, 4.69) is 36.1 Å². The molecule has 0 atom stereocenters. The second-order valence-corrected chi connectivity index (χ2v) is 5.91. The van der Waals surface area contributed by atoms with Crippen LogP contribution in [0.3, 0.4) is 0 Å². The molecule has 0 amide bonds. The molecule has 0 aromatic heterocycles. The Hall–Kier alpha value is -1.87. The zero-order valence-electron chi connectivity index (χ0n) is 13.1.